The lowest BCUT2D eigenvalue weighted by Crippen LogP contribution is -2.52. The maximum absolute atomic E-state index is 13.6. The zero-order chi connectivity index (χ0) is 26.8. The summed E-state index contributed by atoms with van der Waals surface area (Å²) < 4.78 is 88.4. The number of halogens is 4. The molecule has 5 rings (SSSR count). The summed E-state index contributed by atoms with van der Waals surface area (Å²) in [4.78, 5) is 1.68. The Morgan fingerprint density at radius 1 is 1.05 bits per heavy atom. The number of alkyl halides is 4. The van der Waals surface area contributed by atoms with Crippen molar-refractivity contribution < 1.29 is 35.3 Å². The van der Waals surface area contributed by atoms with Crippen LogP contribution < -0.4 is 0 Å². The van der Waals surface area contributed by atoms with Gasteiger partial charge in [-0.15, -0.1) is 0 Å². The van der Waals surface area contributed by atoms with Crippen LogP contribution in [0.15, 0.2) is 30.3 Å². The molecular formula is C27H36F4O4S2. The van der Waals surface area contributed by atoms with E-state index in [1.54, 1.807) is 4.86 Å². The molecule has 0 radical (unpaired) electrons. The predicted octanol–water partition coefficient (Wildman–Crippen LogP) is 7.37. The highest BCUT2D eigenvalue weighted by atomic mass is 32.2. The van der Waals surface area contributed by atoms with Gasteiger partial charge in [0.25, 0.3) is 0 Å². The molecule has 1 heterocycles. The summed E-state index contributed by atoms with van der Waals surface area (Å²) >= 11 is 0. The van der Waals surface area contributed by atoms with E-state index in [9.17, 15) is 26.0 Å². The molecule has 0 aromatic heterocycles. The second-order valence-electron chi connectivity index (χ2n) is 10.4. The second-order valence-corrected chi connectivity index (χ2v) is 14.2. The summed E-state index contributed by atoms with van der Waals surface area (Å²) in [7, 11) is -5.58. The normalized spacial score (nSPS) is 25.9. The van der Waals surface area contributed by atoms with Crippen LogP contribution in [0, 0.1) is 17.8 Å². The number of fused-ring (bicyclic) bond motifs is 3. The van der Waals surface area contributed by atoms with E-state index in [0.717, 1.165) is 31.6 Å². The maximum atomic E-state index is 13.6. The van der Waals surface area contributed by atoms with Crippen molar-refractivity contribution in [3.8, 4) is 0 Å². The molecule has 0 amide bonds. The molecule has 3 fully saturated rings. The van der Waals surface area contributed by atoms with Crippen LogP contribution in [0.2, 0.25) is 0 Å². The smallest absolute Gasteiger partial charge is 0.431 e. The van der Waals surface area contributed by atoms with Crippen molar-refractivity contribution >= 4 is 31.2 Å². The third kappa shape index (κ3) is 5.81. The van der Waals surface area contributed by atoms with Crippen LogP contribution in [0.1, 0.15) is 75.8 Å². The van der Waals surface area contributed by atoms with Gasteiger partial charge in [0.2, 0.25) is 0 Å². The second kappa shape index (κ2) is 11.4. The minimum Gasteiger partial charge on any atom is -0.493 e. The monoisotopic (exact) mass is 564 g/mol. The average molecular weight is 565 g/mol. The van der Waals surface area contributed by atoms with E-state index in [-0.39, 0.29) is 12.3 Å². The topological polar surface area (TPSA) is 63.6 Å². The molecule has 3 atom stereocenters. The standard InChI is InChI=1S/C18H24OS.C9H12F4O3S/c1-2-3-12-19-17-10-11-18(20-13-6-7-14-20)16-9-5-4-8-15(16)17;10-8(11,9(12,13)17(14,15)16)7-4-5-1-2-6(7)3-5/h4-5,8-10H,2-3,6-7,11-14H2,1H3;5-7H,1-4H2,(H,14,15,16). The first-order valence-electron chi connectivity index (χ1n) is 13.2. The van der Waals surface area contributed by atoms with Crippen LogP contribution in [-0.2, 0) is 14.9 Å². The molecule has 4 aliphatic rings. The molecule has 10 heteroatoms. The molecule has 208 valence electrons. The lowest BCUT2D eigenvalue weighted by atomic mass is 9.84. The summed E-state index contributed by atoms with van der Waals surface area (Å²) in [5, 5.41) is -5.41. The highest BCUT2D eigenvalue weighted by Crippen LogP contribution is 2.58. The van der Waals surface area contributed by atoms with E-state index >= 15 is 0 Å². The van der Waals surface area contributed by atoms with Gasteiger partial charge >= 0.3 is 21.3 Å². The lowest BCUT2D eigenvalue weighted by molar-refractivity contribution is -0.202. The maximum Gasteiger partial charge on any atom is 0.431 e. The van der Waals surface area contributed by atoms with E-state index in [4.69, 9.17) is 9.29 Å². The molecule has 1 aromatic carbocycles. The molecule has 4 nitrogen and oxygen atoms in total. The molecule has 3 unspecified atom stereocenters. The van der Waals surface area contributed by atoms with Crippen LogP contribution >= 0.6 is 10.5 Å². The number of ether oxygens (including phenoxy) is 1. The number of benzene rings is 1. The van der Waals surface area contributed by atoms with E-state index < -0.39 is 33.1 Å². The minimum absolute atomic E-state index is 0.0203. The number of allylic oxidation sites excluding steroid dienone is 1. The van der Waals surface area contributed by atoms with Gasteiger partial charge in [-0.1, -0.05) is 44.0 Å². The zero-order valence-electron chi connectivity index (χ0n) is 21.1. The highest BCUT2D eigenvalue weighted by Gasteiger charge is 2.71. The quantitative estimate of drug-likeness (QED) is 0.163. The SMILES string of the molecule is CCCCOC1=CCC(=S2CCCC2)c2ccccc21.O=S(=O)(O)C(F)(F)C(F)(F)C1CC2CCC1C2. The molecule has 1 aromatic rings. The van der Waals surface area contributed by atoms with Crippen molar-refractivity contribution in [3.63, 3.8) is 0 Å². The van der Waals surface area contributed by atoms with Crippen molar-refractivity contribution in [2.45, 2.75) is 75.9 Å². The molecule has 2 bridgehead atoms. The Kier molecular flexibility index (Phi) is 8.80. The first kappa shape index (κ1) is 28.6. The van der Waals surface area contributed by atoms with Gasteiger partial charge in [-0.2, -0.15) is 36.5 Å². The molecule has 2 saturated carbocycles. The zero-order valence-corrected chi connectivity index (χ0v) is 22.7. The van der Waals surface area contributed by atoms with Crippen LogP contribution in [-0.4, -0.2) is 47.1 Å². The predicted molar refractivity (Wildman–Crippen MR) is 141 cm³/mol. The van der Waals surface area contributed by atoms with Crippen LogP contribution in [0.5, 0.6) is 0 Å². The van der Waals surface area contributed by atoms with Gasteiger partial charge in [-0.3, -0.25) is 4.55 Å². The van der Waals surface area contributed by atoms with Gasteiger partial charge in [0, 0.05) is 17.9 Å². The fourth-order valence-corrected chi connectivity index (χ4v) is 9.17. The Labute approximate surface area is 219 Å². The summed E-state index contributed by atoms with van der Waals surface area (Å²) in [6.07, 6.45) is 10.1. The Morgan fingerprint density at radius 3 is 2.30 bits per heavy atom. The first-order chi connectivity index (χ1) is 17.5. The van der Waals surface area contributed by atoms with Gasteiger partial charge in [-0.25, -0.2) is 0 Å². The highest BCUT2D eigenvalue weighted by molar-refractivity contribution is 8.16. The van der Waals surface area contributed by atoms with Crippen molar-refractivity contribution in [1.29, 1.82) is 0 Å². The number of unbranched alkanes of at least 4 members (excludes halogenated alkanes) is 1. The van der Waals surface area contributed by atoms with E-state index in [1.165, 1.54) is 41.9 Å². The summed E-state index contributed by atoms with van der Waals surface area (Å²) in [6, 6.07) is 8.83. The molecule has 1 saturated heterocycles. The van der Waals surface area contributed by atoms with Crippen LogP contribution in [0.3, 0.4) is 0 Å². The summed E-state index contributed by atoms with van der Waals surface area (Å²) in [5.41, 5.74) is 2.79. The average Bonchev–Trinajstić information content (AvgIpc) is 3.63. The summed E-state index contributed by atoms with van der Waals surface area (Å²) in [6.45, 7) is 3.05. The molecule has 3 aliphatic carbocycles. The van der Waals surface area contributed by atoms with Crippen molar-refractivity contribution in [2.75, 3.05) is 18.1 Å². The Bertz CT molecular complexity index is 1140. The van der Waals surface area contributed by atoms with Crippen LogP contribution in [0.4, 0.5) is 17.6 Å². The first-order valence-corrected chi connectivity index (χ1v) is 16.2. The van der Waals surface area contributed by atoms with E-state index in [2.05, 4.69) is 37.3 Å². The molecule has 37 heavy (non-hydrogen) atoms. The minimum atomic E-state index is -6.10. The third-order valence-electron chi connectivity index (χ3n) is 8.02. The molecule has 1 N–H and O–H groups in total. The van der Waals surface area contributed by atoms with Gasteiger partial charge in [0.15, 0.2) is 0 Å². The van der Waals surface area contributed by atoms with Gasteiger partial charge in [-0.05, 0) is 78.4 Å². The lowest BCUT2D eigenvalue weighted by Gasteiger charge is -2.33. The summed E-state index contributed by atoms with van der Waals surface area (Å²) in [5.74, 6) is -3.03. The molecular weight excluding hydrogens is 528 g/mol. The van der Waals surface area contributed by atoms with Crippen molar-refractivity contribution in [3.05, 3.63) is 41.5 Å². The van der Waals surface area contributed by atoms with Gasteiger partial charge < -0.3 is 4.74 Å². The largest absolute Gasteiger partial charge is 0.493 e. The molecule has 0 spiro atoms. The Hall–Kier alpha value is -1.39. The van der Waals surface area contributed by atoms with Gasteiger partial charge in [0.1, 0.15) is 5.76 Å². The van der Waals surface area contributed by atoms with Crippen molar-refractivity contribution in [2.24, 2.45) is 17.8 Å². The van der Waals surface area contributed by atoms with E-state index in [1.807, 2.05) is 0 Å². The van der Waals surface area contributed by atoms with E-state index in [0.29, 0.717) is 23.3 Å². The molecule has 1 aliphatic heterocycles. The van der Waals surface area contributed by atoms with Gasteiger partial charge in [0.05, 0.1) is 6.61 Å². The van der Waals surface area contributed by atoms with Crippen molar-refractivity contribution in [1.82, 2.24) is 0 Å². The Morgan fingerprint density at radius 2 is 1.73 bits per heavy atom. The number of hydrogen-bond acceptors (Lipinski definition) is 3. The fraction of sp³-hybridized carbons (Fsp3) is 0.667. The Balaban J connectivity index is 0.000000176. The number of hydrogen-bond donors (Lipinski definition) is 1. The third-order valence-corrected chi connectivity index (χ3v) is 11.6. The van der Waals surface area contributed by atoms with Crippen LogP contribution in [0.25, 0.3) is 5.76 Å². The number of rotatable bonds is 7. The fourth-order valence-electron chi connectivity index (χ4n) is 6.06.